The van der Waals surface area contributed by atoms with Crippen LogP contribution in [0.2, 0.25) is 5.02 Å². The highest BCUT2D eigenvalue weighted by Crippen LogP contribution is 2.33. The van der Waals surface area contributed by atoms with E-state index in [0.29, 0.717) is 19.9 Å². The number of carbonyl (C=O) groups is 2. The molecule has 1 saturated heterocycles. The highest BCUT2D eigenvalue weighted by molar-refractivity contribution is 8.26. The second-order valence-corrected chi connectivity index (χ2v) is 7.75. The number of aromatic hydroxyl groups is 1. The van der Waals surface area contributed by atoms with Crippen molar-refractivity contribution < 1.29 is 14.7 Å². The van der Waals surface area contributed by atoms with Gasteiger partial charge in [-0.25, -0.2) is 0 Å². The van der Waals surface area contributed by atoms with Crippen molar-refractivity contribution in [3.05, 3.63) is 64.0 Å². The number of thioether (sulfide) groups is 1. The molecule has 0 atom stereocenters. The molecule has 0 spiro atoms. The van der Waals surface area contributed by atoms with E-state index in [1.165, 1.54) is 22.7 Å². The summed E-state index contributed by atoms with van der Waals surface area (Å²) in [5.41, 5.74) is 1.06. The molecule has 2 aromatic carbocycles. The summed E-state index contributed by atoms with van der Waals surface area (Å²) < 4.78 is 0.397. The number of carbonyl (C=O) groups excluding carboxylic acids is 2. The first-order valence-corrected chi connectivity index (χ1v) is 9.63. The van der Waals surface area contributed by atoms with E-state index in [1.54, 1.807) is 30.3 Å². The minimum Gasteiger partial charge on any atom is -0.506 e. The number of phenols is 1. The van der Waals surface area contributed by atoms with Gasteiger partial charge in [0.25, 0.3) is 5.91 Å². The highest BCUT2D eigenvalue weighted by atomic mass is 35.5. The van der Waals surface area contributed by atoms with Gasteiger partial charge < -0.3 is 10.4 Å². The number of hydrogen-bond donors (Lipinski definition) is 2. The number of hydrogen-bond acceptors (Lipinski definition) is 5. The maximum atomic E-state index is 12.6. The first-order valence-electron chi connectivity index (χ1n) is 8.03. The summed E-state index contributed by atoms with van der Waals surface area (Å²) in [5.74, 6) is -0.583. The van der Waals surface area contributed by atoms with Crippen LogP contribution in [0.4, 0.5) is 5.69 Å². The second-order valence-electron chi connectivity index (χ2n) is 5.67. The topological polar surface area (TPSA) is 69.6 Å². The SMILES string of the molecule is O=C(CCN1C(=O)/C(=C\c2ccccc2Cl)SC1=S)Nc1ccccc1O. The van der Waals surface area contributed by atoms with Crippen LogP contribution in [0.1, 0.15) is 12.0 Å². The number of benzene rings is 2. The lowest BCUT2D eigenvalue weighted by Crippen LogP contribution is -2.31. The zero-order chi connectivity index (χ0) is 19.4. The Hall–Kier alpha value is -2.35. The van der Waals surface area contributed by atoms with Gasteiger partial charge in [0.15, 0.2) is 0 Å². The highest BCUT2D eigenvalue weighted by Gasteiger charge is 2.32. The Morgan fingerprint density at radius 1 is 1.22 bits per heavy atom. The van der Waals surface area contributed by atoms with Gasteiger partial charge in [-0.3, -0.25) is 14.5 Å². The summed E-state index contributed by atoms with van der Waals surface area (Å²) in [4.78, 5) is 26.6. The summed E-state index contributed by atoms with van der Waals surface area (Å²) in [6.45, 7) is 0.157. The number of halogens is 1. The van der Waals surface area contributed by atoms with Gasteiger partial charge in [0.05, 0.1) is 10.6 Å². The van der Waals surface area contributed by atoms with Crippen LogP contribution in [0.15, 0.2) is 53.4 Å². The van der Waals surface area contributed by atoms with Gasteiger partial charge in [0.1, 0.15) is 10.1 Å². The quantitative estimate of drug-likeness (QED) is 0.431. The Labute approximate surface area is 171 Å². The third kappa shape index (κ3) is 4.68. The van der Waals surface area contributed by atoms with Gasteiger partial charge in [-0.1, -0.05) is 65.9 Å². The number of amides is 2. The molecule has 2 aromatic rings. The molecule has 1 aliphatic heterocycles. The van der Waals surface area contributed by atoms with E-state index in [2.05, 4.69) is 5.32 Å². The average Bonchev–Trinajstić information content (AvgIpc) is 2.90. The molecular formula is C19H15ClN2O3S2. The Bertz CT molecular complexity index is 946. The van der Waals surface area contributed by atoms with Crippen molar-refractivity contribution in [3.8, 4) is 5.75 Å². The van der Waals surface area contributed by atoms with E-state index in [0.717, 1.165) is 5.56 Å². The summed E-state index contributed by atoms with van der Waals surface area (Å²) in [7, 11) is 0. The van der Waals surface area contributed by atoms with Crippen molar-refractivity contribution in [2.75, 3.05) is 11.9 Å². The zero-order valence-corrected chi connectivity index (χ0v) is 16.4. The molecule has 138 valence electrons. The first-order chi connectivity index (χ1) is 13.0. The number of anilines is 1. The van der Waals surface area contributed by atoms with Gasteiger partial charge in [-0.15, -0.1) is 0 Å². The molecule has 27 heavy (non-hydrogen) atoms. The van der Waals surface area contributed by atoms with Crippen molar-refractivity contribution in [2.24, 2.45) is 0 Å². The lowest BCUT2D eigenvalue weighted by Gasteiger charge is -2.14. The predicted molar refractivity (Wildman–Crippen MR) is 113 cm³/mol. The van der Waals surface area contributed by atoms with Crippen molar-refractivity contribution in [2.45, 2.75) is 6.42 Å². The molecule has 1 aliphatic rings. The Kier molecular flexibility index (Phi) is 6.15. The van der Waals surface area contributed by atoms with Crippen LogP contribution in [0.3, 0.4) is 0 Å². The monoisotopic (exact) mass is 418 g/mol. The van der Waals surface area contributed by atoms with Crippen LogP contribution in [0.25, 0.3) is 6.08 Å². The van der Waals surface area contributed by atoms with Crippen LogP contribution < -0.4 is 5.32 Å². The summed E-state index contributed by atoms with van der Waals surface area (Å²) >= 11 is 12.6. The van der Waals surface area contributed by atoms with E-state index in [4.69, 9.17) is 23.8 Å². The second kappa shape index (κ2) is 8.56. The van der Waals surface area contributed by atoms with Crippen LogP contribution >= 0.6 is 35.6 Å². The van der Waals surface area contributed by atoms with Gasteiger partial charge in [-0.2, -0.15) is 0 Å². The summed E-state index contributed by atoms with van der Waals surface area (Å²) in [5, 5.41) is 12.9. The number of nitrogens with zero attached hydrogens (tertiary/aromatic N) is 1. The minimum absolute atomic E-state index is 0.0147. The molecule has 0 bridgehead atoms. The fourth-order valence-corrected chi connectivity index (χ4v) is 3.92. The standard InChI is InChI=1S/C19H15ClN2O3S2/c20-13-6-2-1-5-12(13)11-16-18(25)22(19(26)27-16)10-9-17(24)21-14-7-3-4-8-15(14)23/h1-8,11,23H,9-10H2,(H,21,24)/b16-11+. The average molecular weight is 419 g/mol. The van der Waals surface area contributed by atoms with Gasteiger partial charge >= 0.3 is 0 Å². The van der Waals surface area contributed by atoms with E-state index in [9.17, 15) is 14.7 Å². The fraction of sp³-hybridized carbons (Fsp3) is 0.105. The number of phenolic OH excluding ortho intramolecular Hbond substituents is 1. The lowest BCUT2D eigenvalue weighted by molar-refractivity contribution is -0.122. The van der Waals surface area contributed by atoms with E-state index >= 15 is 0 Å². The minimum atomic E-state index is -0.319. The largest absolute Gasteiger partial charge is 0.506 e. The van der Waals surface area contributed by atoms with Crippen LogP contribution in [0.5, 0.6) is 5.75 Å². The van der Waals surface area contributed by atoms with Gasteiger partial charge in [0.2, 0.25) is 5.91 Å². The fourth-order valence-electron chi connectivity index (χ4n) is 2.43. The van der Waals surface area contributed by atoms with Crippen LogP contribution in [-0.4, -0.2) is 32.7 Å². The third-order valence-electron chi connectivity index (χ3n) is 3.81. The smallest absolute Gasteiger partial charge is 0.266 e. The Balaban J connectivity index is 1.63. The molecule has 1 fully saturated rings. The first kappa shape index (κ1) is 19.4. The van der Waals surface area contributed by atoms with E-state index in [1.807, 2.05) is 18.2 Å². The Morgan fingerprint density at radius 2 is 1.93 bits per heavy atom. The number of para-hydroxylation sites is 2. The van der Waals surface area contributed by atoms with Gasteiger partial charge in [0, 0.05) is 18.0 Å². The predicted octanol–water partition coefficient (Wildman–Crippen LogP) is 4.28. The van der Waals surface area contributed by atoms with Crippen molar-refractivity contribution >= 4 is 63.5 Å². The number of rotatable bonds is 5. The molecule has 3 rings (SSSR count). The van der Waals surface area contributed by atoms with E-state index < -0.39 is 0 Å². The molecule has 0 unspecified atom stereocenters. The molecule has 0 saturated carbocycles. The normalized spacial score (nSPS) is 15.4. The molecule has 0 radical (unpaired) electrons. The number of thiocarbonyl (C=S) groups is 1. The van der Waals surface area contributed by atoms with Crippen LogP contribution in [0, 0.1) is 0 Å². The third-order valence-corrected chi connectivity index (χ3v) is 5.53. The van der Waals surface area contributed by atoms with Crippen molar-refractivity contribution in [1.82, 2.24) is 4.90 Å². The molecule has 5 nitrogen and oxygen atoms in total. The molecule has 1 heterocycles. The van der Waals surface area contributed by atoms with E-state index in [-0.39, 0.29) is 30.5 Å². The number of nitrogens with one attached hydrogen (secondary N) is 1. The Morgan fingerprint density at radius 3 is 2.67 bits per heavy atom. The molecular weight excluding hydrogens is 404 g/mol. The molecule has 8 heteroatoms. The zero-order valence-electron chi connectivity index (χ0n) is 14.0. The molecule has 2 amide bonds. The summed E-state index contributed by atoms with van der Waals surface area (Å²) in [6.07, 6.45) is 1.75. The lowest BCUT2D eigenvalue weighted by atomic mass is 10.2. The molecule has 0 aromatic heterocycles. The maximum Gasteiger partial charge on any atom is 0.266 e. The maximum absolute atomic E-state index is 12.6. The van der Waals surface area contributed by atoms with Crippen molar-refractivity contribution in [1.29, 1.82) is 0 Å². The van der Waals surface area contributed by atoms with Gasteiger partial charge in [-0.05, 0) is 29.8 Å². The molecule has 0 aliphatic carbocycles. The molecule has 2 N–H and O–H groups in total. The van der Waals surface area contributed by atoms with Crippen molar-refractivity contribution in [3.63, 3.8) is 0 Å². The summed E-state index contributed by atoms with van der Waals surface area (Å²) in [6, 6.07) is 13.7. The van der Waals surface area contributed by atoms with Crippen LogP contribution in [-0.2, 0) is 9.59 Å².